The Morgan fingerprint density at radius 1 is 1.15 bits per heavy atom. The standard InChI is InChI=1S/C13H8Br2F2N2O/c14-6-3-10(16)12(17)11(4-6)20-7-1-2-8(13(18)19)9(15)5-7/h1-5H,(H3,18,19). The summed E-state index contributed by atoms with van der Waals surface area (Å²) >= 11 is 6.30. The topological polar surface area (TPSA) is 59.1 Å². The lowest BCUT2D eigenvalue weighted by molar-refractivity contribution is 0.415. The second kappa shape index (κ2) is 5.88. The van der Waals surface area contributed by atoms with Gasteiger partial charge in [0.2, 0.25) is 5.82 Å². The van der Waals surface area contributed by atoms with E-state index in [-0.39, 0.29) is 11.6 Å². The third kappa shape index (κ3) is 3.16. The largest absolute Gasteiger partial charge is 0.454 e. The summed E-state index contributed by atoms with van der Waals surface area (Å²) in [6, 6.07) is 6.92. The van der Waals surface area contributed by atoms with E-state index in [0.717, 1.165) is 6.07 Å². The average molecular weight is 406 g/mol. The quantitative estimate of drug-likeness (QED) is 0.446. The number of hydrogen-bond acceptors (Lipinski definition) is 2. The Bertz CT molecular complexity index is 692. The van der Waals surface area contributed by atoms with Gasteiger partial charge in [0.25, 0.3) is 0 Å². The first-order valence-corrected chi connectivity index (χ1v) is 6.93. The first kappa shape index (κ1) is 14.9. The van der Waals surface area contributed by atoms with Gasteiger partial charge in [-0.05, 0) is 46.3 Å². The summed E-state index contributed by atoms with van der Waals surface area (Å²) in [5.74, 6) is -2.13. The predicted octanol–water partition coefficient (Wildman–Crippen LogP) is 4.57. The van der Waals surface area contributed by atoms with Gasteiger partial charge in [-0.25, -0.2) is 4.39 Å². The van der Waals surface area contributed by atoms with E-state index in [0.29, 0.717) is 20.3 Å². The summed E-state index contributed by atoms with van der Waals surface area (Å²) < 4.78 is 33.0. The van der Waals surface area contributed by atoms with Crippen molar-refractivity contribution in [1.82, 2.24) is 0 Å². The van der Waals surface area contributed by atoms with Gasteiger partial charge in [-0.3, -0.25) is 5.41 Å². The van der Waals surface area contributed by atoms with Crippen LogP contribution in [0.15, 0.2) is 39.3 Å². The van der Waals surface area contributed by atoms with Crippen molar-refractivity contribution in [2.45, 2.75) is 0 Å². The molecule has 0 heterocycles. The highest BCUT2D eigenvalue weighted by atomic mass is 79.9. The molecule has 0 bridgehead atoms. The van der Waals surface area contributed by atoms with E-state index in [4.69, 9.17) is 15.9 Å². The molecule has 3 N–H and O–H groups in total. The molecule has 20 heavy (non-hydrogen) atoms. The lowest BCUT2D eigenvalue weighted by Gasteiger charge is -2.10. The van der Waals surface area contributed by atoms with Gasteiger partial charge >= 0.3 is 0 Å². The van der Waals surface area contributed by atoms with Crippen LogP contribution in [-0.4, -0.2) is 5.84 Å². The van der Waals surface area contributed by atoms with E-state index in [2.05, 4.69) is 31.9 Å². The molecular weight excluding hydrogens is 398 g/mol. The molecule has 7 heteroatoms. The highest BCUT2D eigenvalue weighted by molar-refractivity contribution is 9.10. The van der Waals surface area contributed by atoms with Crippen molar-refractivity contribution >= 4 is 37.7 Å². The number of nitrogens with two attached hydrogens (primary N) is 1. The third-order valence-corrected chi connectivity index (χ3v) is 3.53. The second-order valence-electron chi connectivity index (χ2n) is 3.86. The first-order valence-electron chi connectivity index (χ1n) is 5.35. The van der Waals surface area contributed by atoms with Gasteiger partial charge in [-0.15, -0.1) is 0 Å². The van der Waals surface area contributed by atoms with Crippen molar-refractivity contribution in [2.75, 3.05) is 0 Å². The molecule has 0 aromatic heterocycles. The molecule has 0 radical (unpaired) electrons. The summed E-state index contributed by atoms with van der Waals surface area (Å²) in [7, 11) is 0. The van der Waals surface area contributed by atoms with E-state index in [1.807, 2.05) is 0 Å². The molecule has 0 fully saturated rings. The fraction of sp³-hybridized carbons (Fsp3) is 0. The van der Waals surface area contributed by atoms with Gasteiger partial charge in [0.1, 0.15) is 11.6 Å². The van der Waals surface area contributed by atoms with Crippen LogP contribution >= 0.6 is 31.9 Å². The Labute approximate surface area is 130 Å². The predicted molar refractivity (Wildman–Crippen MR) is 79.3 cm³/mol. The molecule has 2 rings (SSSR count). The van der Waals surface area contributed by atoms with Crippen molar-refractivity contribution in [1.29, 1.82) is 5.41 Å². The highest BCUT2D eigenvalue weighted by Crippen LogP contribution is 2.31. The van der Waals surface area contributed by atoms with Gasteiger partial charge in [0.05, 0.1) is 0 Å². The van der Waals surface area contributed by atoms with Gasteiger partial charge in [0.15, 0.2) is 11.6 Å². The minimum Gasteiger partial charge on any atom is -0.454 e. The molecule has 0 atom stereocenters. The maximum absolute atomic E-state index is 13.6. The Balaban J connectivity index is 2.36. The van der Waals surface area contributed by atoms with E-state index in [1.54, 1.807) is 6.07 Å². The molecule has 0 aliphatic carbocycles. The number of halogens is 4. The summed E-state index contributed by atoms with van der Waals surface area (Å²) in [6.45, 7) is 0. The molecule has 3 nitrogen and oxygen atoms in total. The SMILES string of the molecule is N=C(N)c1ccc(Oc2cc(Br)cc(F)c2F)cc1Br. The van der Waals surface area contributed by atoms with Crippen molar-refractivity contribution in [3.8, 4) is 11.5 Å². The number of amidine groups is 1. The van der Waals surface area contributed by atoms with Crippen LogP contribution in [-0.2, 0) is 0 Å². The van der Waals surface area contributed by atoms with Crippen molar-refractivity contribution in [3.05, 3.63) is 56.5 Å². The highest BCUT2D eigenvalue weighted by Gasteiger charge is 2.13. The van der Waals surface area contributed by atoms with Crippen LogP contribution in [0.25, 0.3) is 0 Å². The van der Waals surface area contributed by atoms with Crippen LogP contribution in [0.2, 0.25) is 0 Å². The molecular formula is C13H8Br2F2N2O. The third-order valence-electron chi connectivity index (χ3n) is 2.42. The van der Waals surface area contributed by atoms with E-state index in [9.17, 15) is 8.78 Å². The zero-order valence-corrected chi connectivity index (χ0v) is 13.1. The molecule has 0 saturated heterocycles. The van der Waals surface area contributed by atoms with E-state index in [1.165, 1.54) is 18.2 Å². The second-order valence-corrected chi connectivity index (χ2v) is 5.63. The van der Waals surface area contributed by atoms with Gasteiger partial charge in [-0.2, -0.15) is 4.39 Å². The zero-order chi connectivity index (χ0) is 14.9. The number of rotatable bonds is 3. The van der Waals surface area contributed by atoms with E-state index < -0.39 is 11.6 Å². The maximum atomic E-state index is 13.6. The van der Waals surface area contributed by atoms with E-state index >= 15 is 0 Å². The molecule has 2 aromatic rings. The molecule has 0 aliphatic heterocycles. The number of benzene rings is 2. The minimum absolute atomic E-state index is 0.108. The lowest BCUT2D eigenvalue weighted by atomic mass is 10.2. The van der Waals surface area contributed by atoms with Gasteiger partial charge in [-0.1, -0.05) is 15.9 Å². The fourth-order valence-electron chi connectivity index (χ4n) is 1.51. The molecule has 104 valence electrons. The van der Waals surface area contributed by atoms with Gasteiger partial charge in [0, 0.05) is 14.5 Å². The first-order chi connectivity index (χ1) is 9.38. The number of nitrogen functional groups attached to an aromatic ring is 1. The van der Waals surface area contributed by atoms with Crippen molar-refractivity contribution in [3.63, 3.8) is 0 Å². The smallest absolute Gasteiger partial charge is 0.201 e. The Kier molecular flexibility index (Phi) is 4.39. The average Bonchev–Trinajstić information content (AvgIpc) is 2.35. The zero-order valence-electron chi connectivity index (χ0n) is 9.88. The minimum atomic E-state index is -1.07. The monoisotopic (exact) mass is 404 g/mol. The molecule has 2 aromatic carbocycles. The summed E-state index contributed by atoms with van der Waals surface area (Å²) in [4.78, 5) is 0. The van der Waals surface area contributed by atoms with Crippen molar-refractivity contribution in [2.24, 2.45) is 5.73 Å². The summed E-state index contributed by atoms with van der Waals surface area (Å²) in [6.07, 6.45) is 0. The Morgan fingerprint density at radius 3 is 2.45 bits per heavy atom. The maximum Gasteiger partial charge on any atom is 0.201 e. The number of nitrogens with one attached hydrogen (secondary N) is 1. The van der Waals surface area contributed by atoms with Crippen LogP contribution < -0.4 is 10.5 Å². The van der Waals surface area contributed by atoms with Crippen LogP contribution in [0.1, 0.15) is 5.56 Å². The number of ether oxygens (including phenoxy) is 1. The molecule has 0 unspecified atom stereocenters. The Morgan fingerprint density at radius 2 is 1.85 bits per heavy atom. The molecule has 0 spiro atoms. The Hall–Kier alpha value is -1.47. The molecule has 0 aliphatic rings. The molecule has 0 saturated carbocycles. The fourth-order valence-corrected chi connectivity index (χ4v) is 2.49. The van der Waals surface area contributed by atoms with Crippen molar-refractivity contribution < 1.29 is 13.5 Å². The van der Waals surface area contributed by atoms with Crippen LogP contribution in [0, 0.1) is 17.0 Å². The van der Waals surface area contributed by atoms with Gasteiger partial charge < -0.3 is 10.5 Å². The van der Waals surface area contributed by atoms with Crippen LogP contribution in [0.5, 0.6) is 11.5 Å². The molecule has 0 amide bonds. The van der Waals surface area contributed by atoms with Crippen LogP contribution in [0.3, 0.4) is 0 Å². The normalized spacial score (nSPS) is 10.4. The lowest BCUT2D eigenvalue weighted by Crippen LogP contribution is -2.11. The summed E-state index contributed by atoms with van der Waals surface area (Å²) in [5, 5.41) is 7.35. The van der Waals surface area contributed by atoms with Crippen LogP contribution in [0.4, 0.5) is 8.78 Å². The summed E-state index contributed by atoms with van der Waals surface area (Å²) in [5.41, 5.74) is 5.86. The number of hydrogen-bond donors (Lipinski definition) is 2.